The Morgan fingerprint density at radius 2 is 1.65 bits per heavy atom. The number of aryl methyl sites for hydroxylation is 1. The summed E-state index contributed by atoms with van der Waals surface area (Å²) in [5, 5.41) is 9.33. The summed E-state index contributed by atoms with van der Waals surface area (Å²) in [5.41, 5.74) is 7.35. The van der Waals surface area contributed by atoms with Crippen LogP contribution in [0.3, 0.4) is 0 Å². The molecule has 3 N–H and O–H groups in total. The molecule has 0 amide bonds. The smallest absolute Gasteiger partial charge is 0.118 e. The molecule has 20 heavy (non-hydrogen) atoms. The van der Waals surface area contributed by atoms with E-state index in [1.165, 1.54) is 5.56 Å². The highest BCUT2D eigenvalue weighted by atomic mass is 35.5. The maximum absolute atomic E-state index is 8.60. The van der Waals surface area contributed by atoms with E-state index in [2.05, 4.69) is 0 Å². The van der Waals surface area contributed by atoms with Gasteiger partial charge in [0.15, 0.2) is 0 Å². The van der Waals surface area contributed by atoms with Crippen LogP contribution >= 0.6 is 11.6 Å². The van der Waals surface area contributed by atoms with E-state index in [1.54, 1.807) is 31.4 Å². The quantitative estimate of drug-likeness (QED) is 0.848. The van der Waals surface area contributed by atoms with Crippen molar-refractivity contribution in [2.24, 2.45) is 0 Å². The molecule has 0 atom stereocenters. The van der Waals surface area contributed by atoms with E-state index >= 15 is 0 Å². The molecule has 0 saturated carbocycles. The lowest BCUT2D eigenvalue weighted by Crippen LogP contribution is -1.89. The molecule has 0 spiro atoms. The van der Waals surface area contributed by atoms with Crippen LogP contribution in [0.15, 0.2) is 48.5 Å². The lowest BCUT2D eigenvalue weighted by atomic mass is 10.1. The number of hydrogen-bond acceptors (Lipinski definition) is 3. The Labute approximate surface area is 125 Å². The first kappa shape index (κ1) is 16.3. The molecule has 2 aromatic rings. The molecule has 2 aromatic carbocycles. The fourth-order valence-corrected chi connectivity index (χ4v) is 1.66. The summed E-state index contributed by atoms with van der Waals surface area (Å²) in [6.07, 6.45) is 1.76. The number of halogens is 1. The largest absolute Gasteiger partial charge is 0.497 e. The summed E-state index contributed by atoms with van der Waals surface area (Å²) >= 11 is 5.56. The van der Waals surface area contributed by atoms with Crippen molar-refractivity contribution in [3.8, 4) is 5.75 Å². The van der Waals surface area contributed by atoms with Crippen LogP contribution < -0.4 is 10.5 Å². The van der Waals surface area contributed by atoms with E-state index in [0.29, 0.717) is 0 Å². The van der Waals surface area contributed by atoms with E-state index in [4.69, 9.17) is 27.2 Å². The van der Waals surface area contributed by atoms with Crippen LogP contribution in [0.25, 0.3) is 0 Å². The number of anilines is 1. The molecule has 2 rings (SSSR count). The number of rotatable bonds is 4. The molecule has 0 saturated heterocycles. The number of benzene rings is 2. The highest BCUT2D eigenvalue weighted by Gasteiger charge is 1.93. The van der Waals surface area contributed by atoms with Gasteiger partial charge < -0.3 is 15.6 Å². The zero-order chi connectivity index (χ0) is 14.8. The summed E-state index contributed by atoms with van der Waals surface area (Å²) in [5.74, 6) is 0.878. The number of nitrogen functional groups attached to an aromatic ring is 1. The van der Waals surface area contributed by atoms with Crippen LogP contribution in [0.2, 0.25) is 5.02 Å². The normalized spacial score (nSPS) is 9.55. The second-order valence-corrected chi connectivity index (χ2v) is 4.66. The van der Waals surface area contributed by atoms with Crippen LogP contribution in [-0.2, 0) is 6.42 Å². The van der Waals surface area contributed by atoms with Crippen LogP contribution in [-0.4, -0.2) is 18.8 Å². The van der Waals surface area contributed by atoms with Gasteiger partial charge >= 0.3 is 0 Å². The molecule has 0 aliphatic rings. The standard InChI is InChI=1S/C10H14O2.C6H6ClN/c1-12-10-6-4-9(5-7-10)3-2-8-11;7-5-1-3-6(8)4-2-5/h4-7,11H,2-3,8H2,1H3;1-4H,8H2. The number of nitrogens with two attached hydrogens (primary N) is 1. The van der Waals surface area contributed by atoms with Gasteiger partial charge in [-0.05, 0) is 54.8 Å². The summed E-state index contributed by atoms with van der Waals surface area (Å²) < 4.78 is 5.02. The van der Waals surface area contributed by atoms with Crippen LogP contribution in [0.1, 0.15) is 12.0 Å². The van der Waals surface area contributed by atoms with E-state index < -0.39 is 0 Å². The number of aliphatic hydroxyl groups excluding tert-OH is 1. The van der Waals surface area contributed by atoms with Crippen LogP contribution in [0, 0.1) is 0 Å². The highest BCUT2D eigenvalue weighted by Crippen LogP contribution is 2.12. The molecule has 0 heterocycles. The van der Waals surface area contributed by atoms with Gasteiger partial charge in [0.2, 0.25) is 0 Å². The van der Waals surface area contributed by atoms with E-state index in [9.17, 15) is 0 Å². The molecule has 0 bridgehead atoms. The molecule has 4 heteroatoms. The Balaban J connectivity index is 0.000000217. The van der Waals surface area contributed by atoms with Gasteiger partial charge in [-0.15, -0.1) is 0 Å². The topological polar surface area (TPSA) is 55.5 Å². The third kappa shape index (κ3) is 6.45. The summed E-state index contributed by atoms with van der Waals surface area (Å²) in [7, 11) is 1.66. The van der Waals surface area contributed by atoms with Crippen LogP contribution in [0.4, 0.5) is 5.69 Å². The fourth-order valence-electron chi connectivity index (χ4n) is 1.54. The molecule has 0 radical (unpaired) electrons. The van der Waals surface area contributed by atoms with Crippen molar-refractivity contribution in [3.05, 3.63) is 59.1 Å². The number of aliphatic hydroxyl groups is 1. The molecule has 0 aromatic heterocycles. The van der Waals surface area contributed by atoms with E-state index in [0.717, 1.165) is 29.3 Å². The third-order valence-corrected chi connectivity index (χ3v) is 2.90. The average Bonchev–Trinajstić information content (AvgIpc) is 2.49. The third-order valence-electron chi connectivity index (χ3n) is 2.65. The Kier molecular flexibility index (Phi) is 7.55. The average molecular weight is 294 g/mol. The second kappa shape index (κ2) is 9.23. The molecule has 0 unspecified atom stereocenters. The van der Waals surface area contributed by atoms with Gasteiger partial charge in [-0.3, -0.25) is 0 Å². The Morgan fingerprint density at radius 1 is 1.05 bits per heavy atom. The Morgan fingerprint density at radius 3 is 2.10 bits per heavy atom. The predicted octanol–water partition coefficient (Wildman–Crippen LogP) is 3.54. The number of methoxy groups -OCH3 is 1. The first-order valence-corrected chi connectivity index (χ1v) is 6.78. The predicted molar refractivity (Wildman–Crippen MR) is 84.3 cm³/mol. The van der Waals surface area contributed by atoms with Gasteiger partial charge in [0.25, 0.3) is 0 Å². The molecule has 3 nitrogen and oxygen atoms in total. The minimum Gasteiger partial charge on any atom is -0.497 e. The Hall–Kier alpha value is -1.71. The van der Waals surface area contributed by atoms with Crippen molar-refractivity contribution in [1.29, 1.82) is 0 Å². The van der Waals surface area contributed by atoms with Gasteiger partial charge in [-0.2, -0.15) is 0 Å². The molecule has 0 aliphatic carbocycles. The molecule has 0 aliphatic heterocycles. The molecular weight excluding hydrogens is 274 g/mol. The van der Waals surface area contributed by atoms with Gasteiger partial charge in [-0.1, -0.05) is 23.7 Å². The zero-order valence-electron chi connectivity index (χ0n) is 11.6. The van der Waals surface area contributed by atoms with Crippen molar-refractivity contribution < 1.29 is 9.84 Å². The maximum Gasteiger partial charge on any atom is 0.118 e. The molecule has 0 fully saturated rings. The molecule has 108 valence electrons. The van der Waals surface area contributed by atoms with Crippen molar-refractivity contribution in [2.75, 3.05) is 19.5 Å². The number of ether oxygens (including phenoxy) is 1. The van der Waals surface area contributed by atoms with Gasteiger partial charge in [0.05, 0.1) is 7.11 Å². The first-order valence-electron chi connectivity index (χ1n) is 6.40. The van der Waals surface area contributed by atoms with Gasteiger partial charge in [0.1, 0.15) is 5.75 Å². The minimum absolute atomic E-state index is 0.256. The minimum atomic E-state index is 0.256. The van der Waals surface area contributed by atoms with Gasteiger partial charge in [0, 0.05) is 17.3 Å². The first-order chi connectivity index (χ1) is 9.65. The Bertz CT molecular complexity index is 462. The van der Waals surface area contributed by atoms with E-state index in [-0.39, 0.29) is 6.61 Å². The zero-order valence-corrected chi connectivity index (χ0v) is 12.3. The van der Waals surface area contributed by atoms with Crippen molar-refractivity contribution in [2.45, 2.75) is 12.8 Å². The van der Waals surface area contributed by atoms with Crippen LogP contribution in [0.5, 0.6) is 5.75 Å². The summed E-state index contributed by atoms with van der Waals surface area (Å²) in [6.45, 7) is 0.256. The second-order valence-electron chi connectivity index (χ2n) is 4.23. The number of hydrogen-bond donors (Lipinski definition) is 2. The summed E-state index contributed by atoms with van der Waals surface area (Å²) in [4.78, 5) is 0. The fraction of sp³-hybridized carbons (Fsp3) is 0.250. The molecular formula is C16H20ClNO2. The summed E-state index contributed by atoms with van der Waals surface area (Å²) in [6, 6.07) is 15.0. The highest BCUT2D eigenvalue weighted by molar-refractivity contribution is 6.30. The van der Waals surface area contributed by atoms with Crippen molar-refractivity contribution >= 4 is 17.3 Å². The monoisotopic (exact) mass is 293 g/mol. The SMILES string of the molecule is COc1ccc(CCCO)cc1.Nc1ccc(Cl)cc1. The van der Waals surface area contributed by atoms with Gasteiger partial charge in [-0.25, -0.2) is 0 Å². The van der Waals surface area contributed by atoms with Crippen molar-refractivity contribution in [1.82, 2.24) is 0 Å². The lowest BCUT2D eigenvalue weighted by molar-refractivity contribution is 0.288. The van der Waals surface area contributed by atoms with Crippen molar-refractivity contribution in [3.63, 3.8) is 0 Å². The maximum atomic E-state index is 8.60. The van der Waals surface area contributed by atoms with E-state index in [1.807, 2.05) is 24.3 Å². The lowest BCUT2D eigenvalue weighted by Gasteiger charge is -2.01.